The Kier molecular flexibility index (Phi) is 4.61. The van der Waals surface area contributed by atoms with Gasteiger partial charge in [0.2, 0.25) is 11.8 Å². The lowest BCUT2D eigenvalue weighted by atomic mass is 10.1. The fourth-order valence-electron chi connectivity index (χ4n) is 2.43. The van der Waals surface area contributed by atoms with Crippen molar-refractivity contribution in [1.82, 2.24) is 9.97 Å². The van der Waals surface area contributed by atoms with Crippen LogP contribution in [0.3, 0.4) is 0 Å². The third-order valence-corrected chi connectivity index (χ3v) is 5.04. The molecule has 0 spiro atoms. The topological polar surface area (TPSA) is 119 Å². The molecule has 1 fully saturated rings. The van der Waals surface area contributed by atoms with Crippen molar-refractivity contribution in [3.8, 4) is 0 Å². The zero-order valence-corrected chi connectivity index (χ0v) is 12.1. The third kappa shape index (κ3) is 3.10. The Morgan fingerprint density at radius 1 is 1.55 bits per heavy atom. The monoisotopic (exact) mass is 298 g/mol. The number of rotatable bonds is 6. The molecule has 1 aliphatic carbocycles. The molecule has 8 nitrogen and oxygen atoms in total. The highest BCUT2D eigenvalue weighted by Gasteiger charge is 2.33. The van der Waals surface area contributed by atoms with Gasteiger partial charge in [-0.2, -0.15) is 16.7 Å². The number of aromatic nitrogens is 2. The summed E-state index contributed by atoms with van der Waals surface area (Å²) in [6, 6.07) is 0. The average molecular weight is 298 g/mol. The second-order valence-electron chi connectivity index (χ2n) is 4.78. The van der Waals surface area contributed by atoms with Gasteiger partial charge < -0.3 is 5.32 Å². The minimum Gasteiger partial charge on any atom is -0.363 e. The van der Waals surface area contributed by atoms with Gasteiger partial charge in [0, 0.05) is 11.3 Å². The van der Waals surface area contributed by atoms with Crippen LogP contribution in [0, 0.1) is 10.1 Å². The Labute approximate surface area is 121 Å². The van der Waals surface area contributed by atoms with Crippen molar-refractivity contribution in [2.24, 2.45) is 5.84 Å². The van der Waals surface area contributed by atoms with Gasteiger partial charge in [0.25, 0.3) is 0 Å². The van der Waals surface area contributed by atoms with E-state index in [0.29, 0.717) is 6.54 Å². The Morgan fingerprint density at radius 3 is 2.80 bits per heavy atom. The highest BCUT2D eigenvalue weighted by molar-refractivity contribution is 8.00. The van der Waals surface area contributed by atoms with Gasteiger partial charge in [0.05, 0.1) is 4.92 Å². The van der Waals surface area contributed by atoms with Crippen LogP contribution in [-0.2, 0) is 0 Å². The van der Waals surface area contributed by atoms with Crippen LogP contribution in [-0.4, -0.2) is 32.4 Å². The molecule has 0 unspecified atom stereocenters. The molecule has 2 rings (SSSR count). The molecule has 0 amide bonds. The minimum absolute atomic E-state index is 0.134. The van der Waals surface area contributed by atoms with E-state index in [9.17, 15) is 10.1 Å². The highest BCUT2D eigenvalue weighted by Crippen LogP contribution is 2.40. The van der Waals surface area contributed by atoms with Gasteiger partial charge in [-0.3, -0.25) is 15.5 Å². The molecule has 110 valence electrons. The lowest BCUT2D eigenvalue weighted by Crippen LogP contribution is -2.30. The average Bonchev–Trinajstić information content (AvgIpc) is 2.94. The Morgan fingerprint density at radius 2 is 2.25 bits per heavy atom. The summed E-state index contributed by atoms with van der Waals surface area (Å²) < 4.78 is 0.134. The molecule has 0 atom stereocenters. The predicted octanol–water partition coefficient (Wildman–Crippen LogP) is 1.76. The standard InChI is InChI=1S/C11H18N6O2S/c1-20-11(4-2-3-5-11)7-14-9-8(17(18)19)6-13-10(15-9)16-12/h6H,2-5,7,12H2,1H3,(H2,13,14,15,16). The van der Waals surface area contributed by atoms with Crippen LogP contribution in [0.4, 0.5) is 17.5 Å². The van der Waals surface area contributed by atoms with Crippen molar-refractivity contribution < 1.29 is 4.92 Å². The summed E-state index contributed by atoms with van der Waals surface area (Å²) in [5.41, 5.74) is 2.15. The first kappa shape index (κ1) is 14.8. The zero-order valence-electron chi connectivity index (χ0n) is 11.3. The Balaban J connectivity index is 2.16. The number of nitrogens with two attached hydrogens (primary N) is 1. The zero-order chi connectivity index (χ0) is 14.6. The summed E-state index contributed by atoms with van der Waals surface area (Å²) in [4.78, 5) is 18.3. The Bertz CT molecular complexity index is 492. The number of nitrogen functional groups attached to an aromatic ring is 1. The highest BCUT2D eigenvalue weighted by atomic mass is 32.2. The summed E-state index contributed by atoms with van der Waals surface area (Å²) in [5, 5.41) is 14.1. The van der Waals surface area contributed by atoms with Gasteiger partial charge in [-0.1, -0.05) is 12.8 Å². The quantitative estimate of drug-likeness (QED) is 0.413. The number of anilines is 2. The first-order valence-corrected chi connectivity index (χ1v) is 7.60. The molecule has 0 saturated heterocycles. The second-order valence-corrected chi connectivity index (χ2v) is 6.05. The van der Waals surface area contributed by atoms with Crippen LogP contribution in [0.1, 0.15) is 25.7 Å². The van der Waals surface area contributed by atoms with Gasteiger partial charge in [-0.15, -0.1) is 0 Å². The van der Waals surface area contributed by atoms with Crippen LogP contribution >= 0.6 is 11.8 Å². The SMILES string of the molecule is CSC1(CNc2nc(NN)ncc2[N+](=O)[O-])CCCC1. The van der Waals surface area contributed by atoms with Crippen LogP contribution in [0.25, 0.3) is 0 Å². The number of hydrazine groups is 1. The predicted molar refractivity (Wildman–Crippen MR) is 79.7 cm³/mol. The number of nitro groups is 1. The number of hydrogen-bond donors (Lipinski definition) is 3. The summed E-state index contributed by atoms with van der Waals surface area (Å²) in [6.07, 6.45) is 7.86. The van der Waals surface area contributed by atoms with E-state index in [2.05, 4.69) is 27.0 Å². The van der Waals surface area contributed by atoms with E-state index in [4.69, 9.17) is 5.84 Å². The Hall–Kier alpha value is -1.61. The first-order chi connectivity index (χ1) is 9.60. The molecule has 0 radical (unpaired) electrons. The largest absolute Gasteiger partial charge is 0.363 e. The lowest BCUT2D eigenvalue weighted by molar-refractivity contribution is -0.384. The normalized spacial score (nSPS) is 16.9. The van der Waals surface area contributed by atoms with E-state index in [1.54, 1.807) is 0 Å². The molecule has 1 aromatic heterocycles. The van der Waals surface area contributed by atoms with E-state index in [1.807, 2.05) is 11.8 Å². The van der Waals surface area contributed by atoms with Crippen molar-refractivity contribution >= 4 is 29.2 Å². The van der Waals surface area contributed by atoms with Crippen LogP contribution in [0.15, 0.2) is 6.20 Å². The molecule has 4 N–H and O–H groups in total. The van der Waals surface area contributed by atoms with Gasteiger partial charge in [-0.05, 0) is 19.1 Å². The van der Waals surface area contributed by atoms with E-state index in [0.717, 1.165) is 19.0 Å². The molecular weight excluding hydrogens is 280 g/mol. The molecule has 0 aromatic carbocycles. The molecule has 0 bridgehead atoms. The van der Waals surface area contributed by atoms with Gasteiger partial charge >= 0.3 is 5.69 Å². The third-order valence-electron chi connectivity index (χ3n) is 3.62. The maximum atomic E-state index is 11.0. The van der Waals surface area contributed by atoms with E-state index < -0.39 is 4.92 Å². The summed E-state index contributed by atoms with van der Waals surface area (Å²) in [6.45, 7) is 0.649. The first-order valence-electron chi connectivity index (χ1n) is 6.37. The molecule has 1 saturated carbocycles. The van der Waals surface area contributed by atoms with Crippen molar-refractivity contribution in [1.29, 1.82) is 0 Å². The number of nitrogens with one attached hydrogen (secondary N) is 2. The molecular formula is C11H18N6O2S. The van der Waals surface area contributed by atoms with Gasteiger partial charge in [0.1, 0.15) is 6.20 Å². The van der Waals surface area contributed by atoms with Gasteiger partial charge in [-0.25, -0.2) is 10.8 Å². The summed E-state index contributed by atoms with van der Waals surface area (Å²) >= 11 is 1.81. The smallest absolute Gasteiger partial charge is 0.329 e. The molecule has 9 heteroatoms. The molecule has 1 aromatic rings. The fraction of sp³-hybridized carbons (Fsp3) is 0.636. The maximum absolute atomic E-state index is 11.0. The molecule has 1 heterocycles. The van der Waals surface area contributed by atoms with Crippen LogP contribution < -0.4 is 16.6 Å². The molecule has 0 aliphatic heterocycles. The number of thioether (sulfide) groups is 1. The van der Waals surface area contributed by atoms with Crippen molar-refractivity contribution in [2.45, 2.75) is 30.4 Å². The van der Waals surface area contributed by atoms with Crippen LogP contribution in [0.2, 0.25) is 0 Å². The van der Waals surface area contributed by atoms with E-state index >= 15 is 0 Å². The fourth-order valence-corrected chi connectivity index (χ4v) is 3.34. The number of hydrogen-bond acceptors (Lipinski definition) is 8. The number of nitrogens with zero attached hydrogens (tertiary/aromatic N) is 3. The maximum Gasteiger partial charge on any atom is 0.329 e. The minimum atomic E-state index is -0.497. The van der Waals surface area contributed by atoms with E-state index in [-0.39, 0.29) is 22.2 Å². The van der Waals surface area contributed by atoms with Gasteiger partial charge in [0.15, 0.2) is 0 Å². The second kappa shape index (κ2) is 6.23. The van der Waals surface area contributed by atoms with Crippen LogP contribution in [0.5, 0.6) is 0 Å². The summed E-state index contributed by atoms with van der Waals surface area (Å²) in [5.74, 6) is 5.60. The van der Waals surface area contributed by atoms with Crippen molar-refractivity contribution in [2.75, 3.05) is 23.5 Å². The molecule has 20 heavy (non-hydrogen) atoms. The lowest BCUT2D eigenvalue weighted by Gasteiger charge is -2.27. The van der Waals surface area contributed by atoms with Crippen molar-refractivity contribution in [3.63, 3.8) is 0 Å². The van der Waals surface area contributed by atoms with Crippen molar-refractivity contribution in [3.05, 3.63) is 16.3 Å². The molecule has 1 aliphatic rings. The van der Waals surface area contributed by atoms with E-state index in [1.165, 1.54) is 12.8 Å². The summed E-state index contributed by atoms with van der Waals surface area (Å²) in [7, 11) is 0.